The van der Waals surface area contributed by atoms with Crippen molar-refractivity contribution >= 4 is 30.0 Å². The van der Waals surface area contributed by atoms with E-state index in [-0.39, 0.29) is 12.4 Å². The SMILES string of the molecule is Cl.O=C(O)[C@@H]1Cc2cc(Cl)ccc2CN1. The molecule has 0 amide bonds. The molecule has 0 radical (unpaired) electrons. The fourth-order valence-corrected chi connectivity index (χ4v) is 1.85. The Balaban J connectivity index is 0.00000112. The van der Waals surface area contributed by atoms with Gasteiger partial charge in [-0.25, -0.2) is 0 Å². The first-order valence-electron chi connectivity index (χ1n) is 4.40. The third-order valence-electron chi connectivity index (χ3n) is 2.43. The fourth-order valence-electron chi connectivity index (χ4n) is 1.66. The quantitative estimate of drug-likeness (QED) is 0.797. The van der Waals surface area contributed by atoms with Gasteiger partial charge in [-0.2, -0.15) is 0 Å². The van der Waals surface area contributed by atoms with E-state index in [0.717, 1.165) is 11.1 Å². The maximum Gasteiger partial charge on any atom is 0.321 e. The molecule has 15 heavy (non-hydrogen) atoms. The van der Waals surface area contributed by atoms with E-state index in [0.29, 0.717) is 18.0 Å². The van der Waals surface area contributed by atoms with Gasteiger partial charge in [0.15, 0.2) is 0 Å². The number of carboxylic acid groups (broad SMARTS) is 1. The van der Waals surface area contributed by atoms with Crippen molar-refractivity contribution in [2.45, 2.75) is 19.0 Å². The summed E-state index contributed by atoms with van der Waals surface area (Å²) in [4.78, 5) is 10.8. The van der Waals surface area contributed by atoms with Crippen molar-refractivity contribution < 1.29 is 9.90 Å². The van der Waals surface area contributed by atoms with Gasteiger partial charge in [-0.05, 0) is 29.7 Å². The molecule has 1 atom stereocenters. The Morgan fingerprint density at radius 2 is 2.20 bits per heavy atom. The van der Waals surface area contributed by atoms with Crippen LogP contribution >= 0.6 is 24.0 Å². The predicted molar refractivity (Wildman–Crippen MR) is 60.7 cm³/mol. The monoisotopic (exact) mass is 247 g/mol. The average Bonchev–Trinajstić information content (AvgIpc) is 2.16. The summed E-state index contributed by atoms with van der Waals surface area (Å²) in [6.07, 6.45) is 0.505. The summed E-state index contributed by atoms with van der Waals surface area (Å²) in [6.45, 7) is 0.601. The number of hydrogen-bond donors (Lipinski definition) is 2. The van der Waals surface area contributed by atoms with E-state index < -0.39 is 12.0 Å². The van der Waals surface area contributed by atoms with Gasteiger partial charge in [0.2, 0.25) is 0 Å². The molecule has 0 spiro atoms. The molecule has 0 saturated carbocycles. The van der Waals surface area contributed by atoms with Crippen LogP contribution in [-0.2, 0) is 17.8 Å². The van der Waals surface area contributed by atoms with E-state index in [1.165, 1.54) is 0 Å². The molecule has 3 nitrogen and oxygen atoms in total. The number of carboxylic acids is 1. The lowest BCUT2D eigenvalue weighted by molar-refractivity contribution is -0.139. The van der Waals surface area contributed by atoms with Crippen molar-refractivity contribution in [2.75, 3.05) is 0 Å². The van der Waals surface area contributed by atoms with Crippen LogP contribution in [0.2, 0.25) is 5.02 Å². The molecule has 1 aromatic rings. The zero-order valence-corrected chi connectivity index (χ0v) is 9.44. The largest absolute Gasteiger partial charge is 0.480 e. The second kappa shape index (κ2) is 4.84. The highest BCUT2D eigenvalue weighted by Crippen LogP contribution is 2.20. The minimum atomic E-state index is -0.810. The molecule has 1 aliphatic heterocycles. The summed E-state index contributed by atoms with van der Waals surface area (Å²) in [6, 6.07) is 5.11. The zero-order valence-electron chi connectivity index (χ0n) is 7.87. The number of halogens is 2. The number of aliphatic carboxylic acids is 1. The van der Waals surface area contributed by atoms with Gasteiger partial charge in [0, 0.05) is 11.6 Å². The lowest BCUT2D eigenvalue weighted by atomic mass is 9.96. The van der Waals surface area contributed by atoms with Gasteiger partial charge >= 0.3 is 5.97 Å². The second-order valence-corrected chi connectivity index (χ2v) is 3.83. The molecule has 0 aromatic heterocycles. The minimum absolute atomic E-state index is 0. The van der Waals surface area contributed by atoms with E-state index >= 15 is 0 Å². The van der Waals surface area contributed by atoms with Crippen molar-refractivity contribution in [3.8, 4) is 0 Å². The van der Waals surface area contributed by atoms with Crippen LogP contribution in [0.5, 0.6) is 0 Å². The van der Waals surface area contributed by atoms with Crippen molar-refractivity contribution in [1.82, 2.24) is 5.32 Å². The van der Waals surface area contributed by atoms with Crippen LogP contribution < -0.4 is 5.32 Å². The lowest BCUT2D eigenvalue weighted by Gasteiger charge is -2.23. The van der Waals surface area contributed by atoms with Crippen LogP contribution in [-0.4, -0.2) is 17.1 Å². The van der Waals surface area contributed by atoms with Gasteiger partial charge in [-0.3, -0.25) is 4.79 Å². The molecule has 1 heterocycles. The summed E-state index contributed by atoms with van der Waals surface area (Å²) >= 11 is 5.84. The van der Waals surface area contributed by atoms with Crippen molar-refractivity contribution in [3.63, 3.8) is 0 Å². The van der Waals surface area contributed by atoms with Crippen molar-refractivity contribution in [1.29, 1.82) is 0 Å². The number of benzene rings is 1. The van der Waals surface area contributed by atoms with Crippen LogP contribution in [0.4, 0.5) is 0 Å². The summed E-state index contributed by atoms with van der Waals surface area (Å²) in [5.41, 5.74) is 2.16. The number of nitrogens with one attached hydrogen (secondary N) is 1. The highest BCUT2D eigenvalue weighted by Gasteiger charge is 2.23. The van der Waals surface area contributed by atoms with Crippen LogP contribution in [0.1, 0.15) is 11.1 Å². The van der Waals surface area contributed by atoms with Gasteiger partial charge in [-0.15, -0.1) is 12.4 Å². The fraction of sp³-hybridized carbons (Fsp3) is 0.300. The topological polar surface area (TPSA) is 49.3 Å². The standard InChI is InChI=1S/C10H10ClNO2.ClH/c11-8-2-1-6-5-12-9(10(13)14)4-7(6)3-8;/h1-3,9,12H,4-5H2,(H,13,14);1H/t9-;/m0./s1. The normalized spacial score (nSPS) is 18.9. The van der Waals surface area contributed by atoms with Gasteiger partial charge in [0.05, 0.1) is 0 Å². The minimum Gasteiger partial charge on any atom is -0.480 e. The third-order valence-corrected chi connectivity index (χ3v) is 2.66. The summed E-state index contributed by atoms with van der Waals surface area (Å²) < 4.78 is 0. The average molecular weight is 248 g/mol. The highest BCUT2D eigenvalue weighted by molar-refractivity contribution is 6.30. The smallest absolute Gasteiger partial charge is 0.321 e. The van der Waals surface area contributed by atoms with Gasteiger partial charge in [0.1, 0.15) is 6.04 Å². The number of carbonyl (C=O) groups is 1. The summed E-state index contributed by atoms with van der Waals surface area (Å²) in [5, 5.41) is 12.5. The van der Waals surface area contributed by atoms with E-state index in [1.54, 1.807) is 0 Å². The third kappa shape index (κ3) is 2.62. The summed E-state index contributed by atoms with van der Waals surface area (Å²) in [7, 11) is 0. The molecule has 0 saturated heterocycles. The Hall–Kier alpha value is -0.770. The molecule has 0 fully saturated rings. The van der Waals surface area contributed by atoms with Crippen LogP contribution in [0.15, 0.2) is 18.2 Å². The van der Waals surface area contributed by atoms with Crippen LogP contribution in [0, 0.1) is 0 Å². The Labute approximate surface area is 98.8 Å². The Bertz CT molecular complexity index is 382. The number of fused-ring (bicyclic) bond motifs is 1. The molecule has 0 aliphatic carbocycles. The van der Waals surface area contributed by atoms with Gasteiger partial charge in [-0.1, -0.05) is 17.7 Å². The van der Waals surface area contributed by atoms with E-state index in [1.807, 2.05) is 18.2 Å². The van der Waals surface area contributed by atoms with Crippen LogP contribution in [0.3, 0.4) is 0 Å². The Morgan fingerprint density at radius 3 is 2.87 bits per heavy atom. The lowest BCUT2D eigenvalue weighted by Crippen LogP contribution is -2.41. The second-order valence-electron chi connectivity index (χ2n) is 3.39. The molecule has 0 bridgehead atoms. The van der Waals surface area contributed by atoms with Gasteiger partial charge in [0.25, 0.3) is 0 Å². The molecular weight excluding hydrogens is 237 g/mol. The van der Waals surface area contributed by atoms with Gasteiger partial charge < -0.3 is 10.4 Å². The Morgan fingerprint density at radius 1 is 1.47 bits per heavy atom. The van der Waals surface area contributed by atoms with Crippen molar-refractivity contribution in [2.24, 2.45) is 0 Å². The number of rotatable bonds is 1. The number of hydrogen-bond acceptors (Lipinski definition) is 2. The molecule has 2 rings (SSSR count). The first kappa shape index (κ1) is 12.3. The molecule has 1 aromatic carbocycles. The molecule has 5 heteroatoms. The predicted octanol–water partition coefficient (Wildman–Crippen LogP) is 1.86. The molecule has 2 N–H and O–H groups in total. The molecule has 1 aliphatic rings. The molecular formula is C10H11Cl2NO2. The van der Waals surface area contributed by atoms with Crippen molar-refractivity contribution in [3.05, 3.63) is 34.3 Å². The van der Waals surface area contributed by atoms with E-state index in [4.69, 9.17) is 16.7 Å². The molecule has 82 valence electrons. The Kier molecular flexibility index (Phi) is 3.97. The first-order valence-corrected chi connectivity index (χ1v) is 4.78. The van der Waals surface area contributed by atoms with E-state index in [2.05, 4.69) is 5.32 Å². The first-order chi connectivity index (χ1) is 6.66. The maximum atomic E-state index is 10.8. The highest BCUT2D eigenvalue weighted by atomic mass is 35.5. The zero-order chi connectivity index (χ0) is 10.1. The molecule has 0 unspecified atom stereocenters. The summed E-state index contributed by atoms with van der Waals surface area (Å²) in [5.74, 6) is -0.810. The maximum absolute atomic E-state index is 10.8. The van der Waals surface area contributed by atoms with E-state index in [9.17, 15) is 4.79 Å². The van der Waals surface area contributed by atoms with Crippen LogP contribution in [0.25, 0.3) is 0 Å².